The number of carbonyl (C=O) groups is 2. The highest BCUT2D eigenvalue weighted by molar-refractivity contribution is 6.38. The van der Waals surface area contributed by atoms with E-state index >= 15 is 0 Å². The Balaban J connectivity index is 2.31. The summed E-state index contributed by atoms with van der Waals surface area (Å²) in [6.07, 6.45) is 0.180. The molecular weight excluding hydrogens is 308 g/mol. The molecule has 0 aliphatic carbocycles. The number of fused-ring (bicyclic) bond motifs is 1. The molecule has 0 saturated carbocycles. The third-order valence-corrected chi connectivity index (χ3v) is 3.86. The van der Waals surface area contributed by atoms with Crippen LogP contribution in [0, 0.1) is 0 Å². The Morgan fingerprint density at radius 3 is 2.68 bits per heavy atom. The molecule has 1 aromatic carbocycles. The van der Waals surface area contributed by atoms with Crippen molar-refractivity contribution in [2.24, 2.45) is 7.05 Å². The van der Waals surface area contributed by atoms with Gasteiger partial charge in [-0.15, -0.1) is 0 Å². The first-order valence-electron chi connectivity index (χ1n) is 6.73. The van der Waals surface area contributed by atoms with E-state index in [1.165, 1.54) is 7.11 Å². The van der Waals surface area contributed by atoms with Gasteiger partial charge in [0.15, 0.2) is 0 Å². The number of nitrogens with zero attached hydrogens (tertiary/aromatic N) is 1. The number of rotatable bonds is 6. The largest absolute Gasteiger partial charge is 0.480 e. The Bertz CT molecular complexity index is 672. The van der Waals surface area contributed by atoms with Crippen LogP contribution in [0.4, 0.5) is 0 Å². The van der Waals surface area contributed by atoms with Gasteiger partial charge in [0, 0.05) is 38.1 Å². The van der Waals surface area contributed by atoms with Gasteiger partial charge in [-0.25, -0.2) is 4.79 Å². The van der Waals surface area contributed by atoms with Gasteiger partial charge in [-0.2, -0.15) is 0 Å². The zero-order valence-electron chi connectivity index (χ0n) is 12.3. The van der Waals surface area contributed by atoms with Crippen molar-refractivity contribution >= 4 is 34.4 Å². The van der Waals surface area contributed by atoms with Crippen molar-refractivity contribution in [2.75, 3.05) is 13.7 Å². The summed E-state index contributed by atoms with van der Waals surface area (Å²) in [5, 5.41) is 12.7. The van der Waals surface area contributed by atoms with E-state index in [2.05, 4.69) is 5.32 Å². The predicted molar refractivity (Wildman–Crippen MR) is 83.3 cm³/mol. The number of carboxylic acids is 1. The number of amides is 1. The first-order valence-corrected chi connectivity index (χ1v) is 7.10. The highest BCUT2D eigenvalue weighted by Gasteiger charge is 2.25. The van der Waals surface area contributed by atoms with E-state index in [0.29, 0.717) is 5.02 Å². The molecule has 0 aliphatic rings. The Labute approximate surface area is 132 Å². The Kier molecular flexibility index (Phi) is 5.05. The Hall–Kier alpha value is -2.05. The molecule has 2 aromatic rings. The topological polar surface area (TPSA) is 80.6 Å². The second-order valence-corrected chi connectivity index (χ2v) is 5.26. The van der Waals surface area contributed by atoms with Crippen LogP contribution in [-0.4, -0.2) is 41.3 Å². The summed E-state index contributed by atoms with van der Waals surface area (Å²) in [5.74, 6) is -1.63. The average Bonchev–Trinajstić information content (AvgIpc) is 2.75. The summed E-state index contributed by atoms with van der Waals surface area (Å²) >= 11 is 6.27. The fourth-order valence-corrected chi connectivity index (χ4v) is 2.69. The molecule has 0 radical (unpaired) electrons. The van der Waals surface area contributed by atoms with Crippen LogP contribution in [0.5, 0.6) is 0 Å². The van der Waals surface area contributed by atoms with Crippen molar-refractivity contribution in [3.05, 3.63) is 35.0 Å². The van der Waals surface area contributed by atoms with Gasteiger partial charge in [-0.05, 0) is 6.07 Å². The lowest BCUT2D eigenvalue weighted by Crippen LogP contribution is -2.42. The maximum Gasteiger partial charge on any atom is 0.326 e. The van der Waals surface area contributed by atoms with E-state index in [0.717, 1.165) is 10.9 Å². The predicted octanol–water partition coefficient (Wildman–Crippen LogP) is 2.05. The summed E-state index contributed by atoms with van der Waals surface area (Å²) in [4.78, 5) is 23.6. The van der Waals surface area contributed by atoms with Crippen molar-refractivity contribution in [3.63, 3.8) is 0 Å². The number of methoxy groups -OCH3 is 1. The summed E-state index contributed by atoms with van der Waals surface area (Å²) in [6.45, 7) is 0.236. The maximum atomic E-state index is 12.4. The normalized spacial score (nSPS) is 12.3. The number of hydrogen-bond acceptors (Lipinski definition) is 3. The number of hydrogen-bond donors (Lipinski definition) is 2. The molecule has 2 rings (SSSR count). The van der Waals surface area contributed by atoms with E-state index in [1.54, 1.807) is 11.6 Å². The van der Waals surface area contributed by atoms with E-state index < -0.39 is 17.9 Å². The van der Waals surface area contributed by atoms with Crippen LogP contribution in [0.1, 0.15) is 16.9 Å². The van der Waals surface area contributed by atoms with Gasteiger partial charge in [0.1, 0.15) is 11.7 Å². The van der Waals surface area contributed by atoms with E-state index in [4.69, 9.17) is 21.4 Å². The minimum absolute atomic E-state index is 0.180. The second kappa shape index (κ2) is 6.81. The number of halogens is 1. The molecule has 1 amide bonds. The number of aryl methyl sites for hydroxylation is 1. The minimum Gasteiger partial charge on any atom is -0.480 e. The number of benzene rings is 1. The van der Waals surface area contributed by atoms with Crippen molar-refractivity contribution in [3.8, 4) is 0 Å². The molecule has 6 nitrogen and oxygen atoms in total. The quantitative estimate of drug-likeness (QED) is 0.852. The van der Waals surface area contributed by atoms with Crippen LogP contribution in [-0.2, 0) is 16.6 Å². The molecule has 1 atom stereocenters. The summed E-state index contributed by atoms with van der Waals surface area (Å²) in [6, 6.07) is 6.31. The van der Waals surface area contributed by atoms with Gasteiger partial charge in [-0.1, -0.05) is 29.8 Å². The van der Waals surface area contributed by atoms with Crippen LogP contribution in [0.25, 0.3) is 10.9 Å². The van der Waals surface area contributed by atoms with Gasteiger partial charge in [0.05, 0.1) is 5.02 Å². The van der Waals surface area contributed by atoms with Crippen molar-refractivity contribution < 1.29 is 19.4 Å². The molecule has 0 fully saturated rings. The standard InChI is InChI=1S/C15H17ClN2O4/c1-18-11-6-4-3-5-9(11)12(16)13(18)14(19)17-10(15(20)21)7-8-22-2/h3-6,10H,7-8H2,1-2H3,(H,17,19)(H,20,21). The molecule has 7 heteroatoms. The highest BCUT2D eigenvalue weighted by atomic mass is 35.5. The SMILES string of the molecule is COCCC(NC(=O)c1c(Cl)c2ccccc2n1C)C(=O)O. The molecule has 22 heavy (non-hydrogen) atoms. The lowest BCUT2D eigenvalue weighted by Gasteiger charge is -2.14. The monoisotopic (exact) mass is 324 g/mol. The number of carbonyl (C=O) groups excluding carboxylic acids is 1. The van der Waals surface area contributed by atoms with Crippen LogP contribution in [0.3, 0.4) is 0 Å². The van der Waals surface area contributed by atoms with E-state index in [1.807, 2.05) is 24.3 Å². The first-order chi connectivity index (χ1) is 10.5. The van der Waals surface area contributed by atoms with Crippen molar-refractivity contribution in [1.29, 1.82) is 0 Å². The summed E-state index contributed by atoms with van der Waals surface area (Å²) in [7, 11) is 3.19. The molecule has 1 aromatic heterocycles. The molecule has 0 aliphatic heterocycles. The number of aromatic nitrogens is 1. The number of nitrogens with one attached hydrogen (secondary N) is 1. The third kappa shape index (κ3) is 3.08. The number of para-hydroxylation sites is 1. The number of aliphatic carboxylic acids is 1. The molecule has 1 unspecified atom stereocenters. The molecular formula is C15H17ClN2O4. The van der Waals surface area contributed by atoms with Gasteiger partial charge in [0.2, 0.25) is 0 Å². The van der Waals surface area contributed by atoms with Crippen LogP contribution in [0.15, 0.2) is 24.3 Å². The van der Waals surface area contributed by atoms with E-state index in [9.17, 15) is 9.59 Å². The Morgan fingerprint density at radius 1 is 1.41 bits per heavy atom. The molecule has 0 saturated heterocycles. The lowest BCUT2D eigenvalue weighted by molar-refractivity contribution is -0.139. The lowest BCUT2D eigenvalue weighted by atomic mass is 10.2. The maximum absolute atomic E-state index is 12.4. The van der Waals surface area contributed by atoms with Crippen LogP contribution in [0.2, 0.25) is 5.02 Å². The molecule has 2 N–H and O–H groups in total. The summed E-state index contributed by atoms with van der Waals surface area (Å²) < 4.78 is 6.51. The molecule has 1 heterocycles. The Morgan fingerprint density at radius 2 is 2.09 bits per heavy atom. The van der Waals surface area contributed by atoms with Crippen molar-refractivity contribution in [1.82, 2.24) is 9.88 Å². The second-order valence-electron chi connectivity index (χ2n) is 4.88. The zero-order valence-corrected chi connectivity index (χ0v) is 13.1. The smallest absolute Gasteiger partial charge is 0.326 e. The molecule has 0 bridgehead atoms. The van der Waals surface area contributed by atoms with Gasteiger partial charge >= 0.3 is 5.97 Å². The van der Waals surface area contributed by atoms with Crippen LogP contribution >= 0.6 is 11.6 Å². The fraction of sp³-hybridized carbons (Fsp3) is 0.333. The van der Waals surface area contributed by atoms with E-state index in [-0.39, 0.29) is 18.7 Å². The van der Waals surface area contributed by atoms with Crippen LogP contribution < -0.4 is 5.32 Å². The molecule has 0 spiro atoms. The fourth-order valence-electron chi connectivity index (χ4n) is 2.32. The third-order valence-electron chi connectivity index (χ3n) is 3.47. The van der Waals surface area contributed by atoms with Crippen molar-refractivity contribution in [2.45, 2.75) is 12.5 Å². The van der Waals surface area contributed by atoms with Gasteiger partial charge in [0.25, 0.3) is 5.91 Å². The highest BCUT2D eigenvalue weighted by Crippen LogP contribution is 2.29. The minimum atomic E-state index is -1.11. The first kappa shape index (κ1) is 16.3. The number of carboxylic acid groups (broad SMARTS) is 1. The number of ether oxygens (including phenoxy) is 1. The summed E-state index contributed by atoms with van der Waals surface area (Å²) in [5.41, 5.74) is 1.05. The molecule has 118 valence electrons. The van der Waals surface area contributed by atoms with Gasteiger partial charge in [-0.3, -0.25) is 4.79 Å². The van der Waals surface area contributed by atoms with Gasteiger partial charge < -0.3 is 19.7 Å². The average molecular weight is 325 g/mol. The zero-order chi connectivity index (χ0) is 16.3.